The largest absolute Gasteiger partial charge is 0.348 e. The van der Waals surface area contributed by atoms with Crippen LogP contribution in [0, 0.1) is 0 Å². The maximum atomic E-state index is 12.5. The van der Waals surface area contributed by atoms with Crippen molar-refractivity contribution in [3.05, 3.63) is 40.2 Å². The van der Waals surface area contributed by atoms with Gasteiger partial charge in [0.15, 0.2) is 5.82 Å². The highest BCUT2D eigenvalue weighted by Crippen LogP contribution is 2.15. The average molecular weight is 337 g/mol. The van der Waals surface area contributed by atoms with Crippen molar-refractivity contribution in [2.45, 2.75) is 13.0 Å². The molecule has 23 heavy (non-hydrogen) atoms. The first-order valence-electron chi connectivity index (χ1n) is 7.33. The van der Waals surface area contributed by atoms with E-state index in [1.165, 1.54) is 12.4 Å². The lowest BCUT2D eigenvalue weighted by molar-refractivity contribution is -0.134. The van der Waals surface area contributed by atoms with Crippen LogP contribution in [-0.4, -0.2) is 56.7 Å². The number of aromatic amines is 1. The third-order valence-corrected chi connectivity index (χ3v) is 4.10. The quantitative estimate of drug-likeness (QED) is 0.883. The Morgan fingerprint density at radius 1 is 1.35 bits per heavy atom. The molecule has 1 atom stereocenters. The third-order valence-electron chi connectivity index (χ3n) is 3.90. The van der Waals surface area contributed by atoms with Gasteiger partial charge in [0.25, 0.3) is 5.56 Å². The number of rotatable bonds is 3. The summed E-state index contributed by atoms with van der Waals surface area (Å²) in [5.41, 5.74) is -0.216. The van der Waals surface area contributed by atoms with Gasteiger partial charge in [0.05, 0.1) is 11.2 Å². The van der Waals surface area contributed by atoms with Gasteiger partial charge in [0, 0.05) is 44.8 Å². The Hall–Kier alpha value is -2.35. The molecule has 2 aromatic heterocycles. The predicted molar refractivity (Wildman–Crippen MR) is 85.6 cm³/mol. The summed E-state index contributed by atoms with van der Waals surface area (Å²) in [6, 6.07) is -0.410. The molecule has 1 fully saturated rings. The minimum Gasteiger partial charge on any atom is -0.348 e. The van der Waals surface area contributed by atoms with E-state index in [1.54, 1.807) is 28.9 Å². The molecule has 0 spiro atoms. The van der Waals surface area contributed by atoms with E-state index in [9.17, 15) is 9.59 Å². The van der Waals surface area contributed by atoms with Crippen molar-refractivity contribution in [3.63, 3.8) is 0 Å². The number of carbonyl (C=O) groups excluding carboxylic acids is 1. The lowest BCUT2D eigenvalue weighted by Crippen LogP contribution is -2.51. The van der Waals surface area contributed by atoms with E-state index in [1.807, 2.05) is 4.90 Å². The van der Waals surface area contributed by atoms with Crippen LogP contribution in [0.3, 0.4) is 0 Å². The lowest BCUT2D eigenvalue weighted by Gasteiger charge is -2.36. The second kappa shape index (κ2) is 6.41. The number of amides is 1. The number of H-pyrrole nitrogens is 1. The molecule has 0 bridgehead atoms. The zero-order chi connectivity index (χ0) is 16.4. The highest BCUT2D eigenvalue weighted by atomic mass is 35.5. The number of nitrogens with zero attached hydrogens (tertiary/aromatic N) is 5. The summed E-state index contributed by atoms with van der Waals surface area (Å²) < 4.78 is 1.56. The standard InChI is InChI=1S/C14H17ClN6O2/c1-10(21-9-11(15)8-18-21)14(23)20-6-4-19(5-7-20)12-13(22)17-3-2-16-12/h2-3,8-10H,4-7H2,1H3,(H,17,22). The summed E-state index contributed by atoms with van der Waals surface area (Å²) in [5, 5.41) is 4.58. The van der Waals surface area contributed by atoms with Crippen LogP contribution in [-0.2, 0) is 4.79 Å². The van der Waals surface area contributed by atoms with Crippen molar-refractivity contribution in [2.75, 3.05) is 31.1 Å². The van der Waals surface area contributed by atoms with Gasteiger partial charge in [-0.25, -0.2) is 4.98 Å². The van der Waals surface area contributed by atoms with Crippen molar-refractivity contribution in [1.82, 2.24) is 24.6 Å². The predicted octanol–water partition coefficient (Wildman–Crippen LogP) is 0.530. The topological polar surface area (TPSA) is 87.1 Å². The van der Waals surface area contributed by atoms with E-state index in [0.717, 1.165) is 0 Å². The van der Waals surface area contributed by atoms with E-state index in [4.69, 9.17) is 11.6 Å². The van der Waals surface area contributed by atoms with Crippen LogP contribution in [0.5, 0.6) is 0 Å². The van der Waals surface area contributed by atoms with Crippen molar-refractivity contribution in [3.8, 4) is 0 Å². The molecule has 1 amide bonds. The molecular weight excluding hydrogens is 320 g/mol. The summed E-state index contributed by atoms with van der Waals surface area (Å²) in [6.07, 6.45) is 6.20. The Labute approximate surface area is 137 Å². The first-order chi connectivity index (χ1) is 11.1. The van der Waals surface area contributed by atoms with Crippen LogP contribution in [0.4, 0.5) is 5.82 Å². The van der Waals surface area contributed by atoms with Gasteiger partial charge >= 0.3 is 0 Å². The fourth-order valence-corrected chi connectivity index (χ4v) is 2.76. The van der Waals surface area contributed by atoms with Gasteiger partial charge in [-0.1, -0.05) is 11.6 Å². The molecule has 1 aliphatic rings. The molecule has 3 heterocycles. The summed E-state index contributed by atoms with van der Waals surface area (Å²) in [6.45, 7) is 4.00. The van der Waals surface area contributed by atoms with Crippen LogP contribution in [0.25, 0.3) is 0 Å². The molecule has 2 aromatic rings. The normalized spacial score (nSPS) is 16.4. The molecule has 3 rings (SSSR count). The minimum atomic E-state index is -0.410. The maximum Gasteiger partial charge on any atom is 0.290 e. The highest BCUT2D eigenvalue weighted by molar-refractivity contribution is 6.30. The van der Waals surface area contributed by atoms with Gasteiger partial charge in [-0.2, -0.15) is 5.10 Å². The zero-order valence-electron chi connectivity index (χ0n) is 12.6. The van der Waals surface area contributed by atoms with Crippen molar-refractivity contribution >= 4 is 23.3 Å². The van der Waals surface area contributed by atoms with Gasteiger partial charge in [-0.15, -0.1) is 0 Å². The Balaban J connectivity index is 1.63. The Morgan fingerprint density at radius 3 is 2.70 bits per heavy atom. The van der Waals surface area contributed by atoms with Crippen molar-refractivity contribution < 1.29 is 4.79 Å². The number of halogens is 1. The molecule has 0 aromatic carbocycles. The molecule has 0 saturated carbocycles. The highest BCUT2D eigenvalue weighted by Gasteiger charge is 2.27. The molecule has 1 N–H and O–H groups in total. The molecule has 1 unspecified atom stereocenters. The molecule has 122 valence electrons. The Bertz CT molecular complexity index is 749. The fourth-order valence-electron chi connectivity index (χ4n) is 2.61. The monoisotopic (exact) mass is 336 g/mol. The molecule has 9 heteroatoms. The van der Waals surface area contributed by atoms with Crippen molar-refractivity contribution in [2.24, 2.45) is 0 Å². The number of carbonyl (C=O) groups is 1. The summed E-state index contributed by atoms with van der Waals surface area (Å²) in [7, 11) is 0. The number of piperazine rings is 1. The van der Waals surface area contributed by atoms with Crippen LogP contribution in [0.1, 0.15) is 13.0 Å². The third kappa shape index (κ3) is 3.21. The second-order valence-electron chi connectivity index (χ2n) is 5.37. The number of hydrogen-bond donors (Lipinski definition) is 1. The first-order valence-corrected chi connectivity index (χ1v) is 7.71. The summed E-state index contributed by atoms with van der Waals surface area (Å²) in [5.74, 6) is 0.380. The summed E-state index contributed by atoms with van der Waals surface area (Å²) in [4.78, 5) is 34.7. The molecule has 0 aliphatic carbocycles. The fraction of sp³-hybridized carbons (Fsp3) is 0.429. The SMILES string of the molecule is CC(C(=O)N1CCN(c2ncc[nH]c2=O)CC1)n1cc(Cl)cn1. The average Bonchev–Trinajstić information content (AvgIpc) is 3.01. The smallest absolute Gasteiger partial charge is 0.290 e. The van der Waals surface area contributed by atoms with E-state index >= 15 is 0 Å². The zero-order valence-corrected chi connectivity index (χ0v) is 13.4. The molecule has 8 nitrogen and oxygen atoms in total. The molecule has 1 aliphatic heterocycles. The number of aromatic nitrogens is 4. The number of hydrogen-bond acceptors (Lipinski definition) is 5. The van der Waals surface area contributed by atoms with E-state index in [-0.39, 0.29) is 11.5 Å². The lowest BCUT2D eigenvalue weighted by atomic mass is 10.2. The van der Waals surface area contributed by atoms with Gasteiger partial charge in [0.1, 0.15) is 6.04 Å². The minimum absolute atomic E-state index is 0.0145. The van der Waals surface area contributed by atoms with E-state index < -0.39 is 6.04 Å². The number of nitrogens with one attached hydrogen (secondary N) is 1. The summed E-state index contributed by atoms with van der Waals surface area (Å²) >= 11 is 5.84. The van der Waals surface area contributed by atoms with Crippen LogP contribution in [0.15, 0.2) is 29.6 Å². The van der Waals surface area contributed by atoms with Crippen molar-refractivity contribution in [1.29, 1.82) is 0 Å². The number of anilines is 1. The van der Waals surface area contributed by atoms with Crippen LogP contribution >= 0.6 is 11.6 Å². The Morgan fingerprint density at radius 2 is 2.09 bits per heavy atom. The van der Waals surface area contributed by atoms with E-state index in [0.29, 0.717) is 37.0 Å². The van der Waals surface area contributed by atoms with Gasteiger partial charge in [0.2, 0.25) is 5.91 Å². The first kappa shape index (κ1) is 15.5. The van der Waals surface area contributed by atoms with Gasteiger partial charge in [-0.3, -0.25) is 14.3 Å². The van der Waals surface area contributed by atoms with Crippen LogP contribution in [0.2, 0.25) is 5.02 Å². The maximum absolute atomic E-state index is 12.5. The molecule has 1 saturated heterocycles. The second-order valence-corrected chi connectivity index (χ2v) is 5.81. The Kier molecular flexibility index (Phi) is 4.33. The van der Waals surface area contributed by atoms with Gasteiger partial charge in [-0.05, 0) is 6.92 Å². The molecule has 0 radical (unpaired) electrons. The van der Waals surface area contributed by atoms with E-state index in [2.05, 4.69) is 15.1 Å². The molecular formula is C14H17ClN6O2. The van der Waals surface area contributed by atoms with Gasteiger partial charge < -0.3 is 14.8 Å². The van der Waals surface area contributed by atoms with Crippen LogP contribution < -0.4 is 10.5 Å².